The van der Waals surface area contributed by atoms with Gasteiger partial charge in [0.25, 0.3) is 11.8 Å². The number of carbonyl (C=O) groups is 2. The number of ether oxygens (including phenoxy) is 2. The minimum absolute atomic E-state index is 0.244. The molecule has 0 unspecified atom stereocenters. The first-order valence-corrected chi connectivity index (χ1v) is 7.68. The normalized spacial score (nSPS) is 23.8. The van der Waals surface area contributed by atoms with E-state index in [1.807, 2.05) is 0 Å². The third kappa shape index (κ3) is 3.25. The molecule has 3 rings (SSSR count). The molecule has 2 amide bonds. The SMILES string of the molecule is CC(=S)NNCC1OCC(N2C(=O)c3ccccc3C2=O)CO1. The summed E-state index contributed by atoms with van der Waals surface area (Å²) in [6.07, 6.45) is -0.455. The van der Waals surface area contributed by atoms with E-state index in [2.05, 4.69) is 10.9 Å². The van der Waals surface area contributed by atoms with Crippen LogP contribution < -0.4 is 10.9 Å². The summed E-state index contributed by atoms with van der Waals surface area (Å²) in [5.74, 6) is -0.588. The van der Waals surface area contributed by atoms with Crippen molar-refractivity contribution in [2.45, 2.75) is 19.3 Å². The second-order valence-corrected chi connectivity index (χ2v) is 5.95. The van der Waals surface area contributed by atoms with Gasteiger partial charge in [0.05, 0.1) is 41.9 Å². The third-order valence-electron chi connectivity index (χ3n) is 3.67. The van der Waals surface area contributed by atoms with E-state index in [-0.39, 0.29) is 25.0 Å². The van der Waals surface area contributed by atoms with Gasteiger partial charge >= 0.3 is 0 Å². The standard InChI is InChI=1S/C15H17N3O4S/c1-9(23)17-16-6-13-21-7-10(8-22-13)18-14(19)11-4-2-3-5-12(11)15(18)20/h2-5,10,13,16H,6-8H2,1H3,(H,17,23). The van der Waals surface area contributed by atoms with Gasteiger partial charge in [-0.05, 0) is 19.1 Å². The number of benzene rings is 1. The van der Waals surface area contributed by atoms with Gasteiger partial charge in [0.15, 0.2) is 6.29 Å². The second-order valence-electron chi connectivity index (χ2n) is 5.34. The zero-order valence-corrected chi connectivity index (χ0v) is 13.4. The Labute approximate surface area is 138 Å². The average Bonchev–Trinajstić information content (AvgIpc) is 2.80. The summed E-state index contributed by atoms with van der Waals surface area (Å²) in [4.78, 5) is 26.6. The highest BCUT2D eigenvalue weighted by atomic mass is 32.1. The number of hydrogen-bond acceptors (Lipinski definition) is 6. The lowest BCUT2D eigenvalue weighted by atomic mass is 10.1. The van der Waals surface area contributed by atoms with E-state index >= 15 is 0 Å². The molecule has 0 radical (unpaired) electrons. The number of amides is 2. The van der Waals surface area contributed by atoms with Crippen LogP contribution in [-0.2, 0) is 9.47 Å². The van der Waals surface area contributed by atoms with Gasteiger partial charge in [-0.3, -0.25) is 14.5 Å². The van der Waals surface area contributed by atoms with Crippen LogP contribution in [0.1, 0.15) is 27.6 Å². The summed E-state index contributed by atoms with van der Waals surface area (Å²) in [5, 5.41) is 0. The quantitative estimate of drug-likeness (QED) is 0.470. The van der Waals surface area contributed by atoms with Crippen molar-refractivity contribution in [2.24, 2.45) is 0 Å². The zero-order chi connectivity index (χ0) is 16.4. The van der Waals surface area contributed by atoms with Crippen LogP contribution in [0.2, 0.25) is 0 Å². The summed E-state index contributed by atoms with van der Waals surface area (Å²) in [7, 11) is 0. The molecule has 0 spiro atoms. The molecule has 1 aromatic rings. The molecule has 7 nitrogen and oxygen atoms in total. The van der Waals surface area contributed by atoms with Gasteiger partial charge in [-0.25, -0.2) is 5.43 Å². The maximum Gasteiger partial charge on any atom is 0.261 e. The maximum absolute atomic E-state index is 12.4. The Bertz CT molecular complexity index is 608. The number of thiocarbonyl (C=S) groups is 1. The Hall–Kier alpha value is -1.87. The van der Waals surface area contributed by atoms with E-state index < -0.39 is 12.3 Å². The molecule has 1 saturated heterocycles. The summed E-state index contributed by atoms with van der Waals surface area (Å²) in [5.41, 5.74) is 6.53. The van der Waals surface area contributed by atoms with Gasteiger partial charge in [-0.2, -0.15) is 0 Å². The number of imide groups is 1. The Morgan fingerprint density at radius 1 is 1.22 bits per heavy atom. The van der Waals surface area contributed by atoms with Crippen LogP contribution in [0.4, 0.5) is 0 Å². The molecule has 2 heterocycles. The molecule has 0 aliphatic carbocycles. The van der Waals surface area contributed by atoms with Crippen molar-refractivity contribution in [2.75, 3.05) is 19.8 Å². The Balaban J connectivity index is 1.58. The second kappa shape index (κ2) is 6.71. The molecule has 8 heteroatoms. The van der Waals surface area contributed by atoms with E-state index in [0.717, 1.165) is 0 Å². The van der Waals surface area contributed by atoms with Crippen molar-refractivity contribution >= 4 is 29.0 Å². The number of carbonyl (C=O) groups excluding carboxylic acids is 2. The van der Waals surface area contributed by atoms with Crippen molar-refractivity contribution in [1.29, 1.82) is 0 Å². The smallest absolute Gasteiger partial charge is 0.261 e. The summed E-state index contributed by atoms with van der Waals surface area (Å²) < 4.78 is 11.1. The highest BCUT2D eigenvalue weighted by Crippen LogP contribution is 2.26. The number of hydrogen-bond donors (Lipinski definition) is 2. The Kier molecular flexibility index (Phi) is 4.67. The number of nitrogens with one attached hydrogen (secondary N) is 2. The van der Waals surface area contributed by atoms with Gasteiger partial charge in [-0.1, -0.05) is 24.4 Å². The summed E-state index contributed by atoms with van der Waals surface area (Å²) in [6, 6.07) is 6.39. The van der Waals surface area contributed by atoms with Crippen molar-refractivity contribution in [3.8, 4) is 0 Å². The Morgan fingerprint density at radius 3 is 2.30 bits per heavy atom. The van der Waals surface area contributed by atoms with E-state index in [1.165, 1.54) is 4.90 Å². The third-order valence-corrected chi connectivity index (χ3v) is 3.77. The topological polar surface area (TPSA) is 79.9 Å². The molecule has 2 aliphatic rings. The highest BCUT2D eigenvalue weighted by molar-refractivity contribution is 7.80. The van der Waals surface area contributed by atoms with Crippen molar-refractivity contribution in [1.82, 2.24) is 15.8 Å². The number of fused-ring (bicyclic) bond motifs is 1. The first-order valence-electron chi connectivity index (χ1n) is 7.27. The van der Waals surface area contributed by atoms with Crippen LogP contribution in [-0.4, -0.2) is 53.8 Å². The molecule has 1 fully saturated rings. The zero-order valence-electron chi connectivity index (χ0n) is 12.6. The lowest BCUT2D eigenvalue weighted by molar-refractivity contribution is -0.194. The van der Waals surface area contributed by atoms with Crippen LogP contribution in [0.3, 0.4) is 0 Å². The molecule has 0 bridgehead atoms. The first-order chi connectivity index (χ1) is 11.1. The number of hydrazine groups is 1. The molecule has 23 heavy (non-hydrogen) atoms. The fraction of sp³-hybridized carbons (Fsp3) is 0.400. The van der Waals surface area contributed by atoms with Crippen molar-refractivity contribution in [3.63, 3.8) is 0 Å². The van der Waals surface area contributed by atoms with Crippen LogP contribution in [0.5, 0.6) is 0 Å². The van der Waals surface area contributed by atoms with Crippen LogP contribution in [0.15, 0.2) is 24.3 Å². The molecular formula is C15H17N3O4S. The van der Waals surface area contributed by atoms with E-state index in [9.17, 15) is 9.59 Å². The fourth-order valence-corrected chi connectivity index (χ4v) is 2.67. The molecular weight excluding hydrogens is 318 g/mol. The number of nitrogens with zero attached hydrogens (tertiary/aromatic N) is 1. The predicted molar refractivity (Wildman–Crippen MR) is 85.8 cm³/mol. The fourth-order valence-electron chi connectivity index (χ4n) is 2.60. The molecule has 0 aromatic heterocycles. The van der Waals surface area contributed by atoms with Crippen molar-refractivity contribution < 1.29 is 19.1 Å². The van der Waals surface area contributed by atoms with Crippen LogP contribution >= 0.6 is 12.2 Å². The monoisotopic (exact) mass is 335 g/mol. The summed E-state index contributed by atoms with van der Waals surface area (Å²) in [6.45, 7) is 2.65. The van der Waals surface area contributed by atoms with Gasteiger partial charge in [0, 0.05) is 0 Å². The minimum atomic E-state index is -0.455. The molecule has 0 atom stereocenters. The highest BCUT2D eigenvalue weighted by Gasteiger charge is 2.41. The van der Waals surface area contributed by atoms with E-state index in [4.69, 9.17) is 21.7 Å². The van der Waals surface area contributed by atoms with Crippen LogP contribution in [0.25, 0.3) is 0 Å². The summed E-state index contributed by atoms with van der Waals surface area (Å²) >= 11 is 4.88. The Morgan fingerprint density at radius 2 is 1.78 bits per heavy atom. The van der Waals surface area contributed by atoms with Gasteiger partial charge < -0.3 is 14.9 Å². The molecule has 2 aliphatic heterocycles. The van der Waals surface area contributed by atoms with E-state index in [1.54, 1.807) is 31.2 Å². The average molecular weight is 335 g/mol. The van der Waals surface area contributed by atoms with Crippen LogP contribution in [0, 0.1) is 0 Å². The number of rotatable bonds is 4. The maximum atomic E-state index is 12.4. The van der Waals surface area contributed by atoms with Gasteiger partial charge in [0.1, 0.15) is 0 Å². The van der Waals surface area contributed by atoms with E-state index in [0.29, 0.717) is 22.7 Å². The predicted octanol–water partition coefficient (Wildman–Crippen LogP) is 0.466. The first kappa shape index (κ1) is 16.0. The van der Waals surface area contributed by atoms with Crippen molar-refractivity contribution in [3.05, 3.63) is 35.4 Å². The lowest BCUT2D eigenvalue weighted by Gasteiger charge is -2.33. The molecule has 2 N–H and O–H groups in total. The lowest BCUT2D eigenvalue weighted by Crippen LogP contribution is -2.52. The minimum Gasteiger partial charge on any atom is -0.349 e. The van der Waals surface area contributed by atoms with Gasteiger partial charge in [0.2, 0.25) is 0 Å². The van der Waals surface area contributed by atoms with Gasteiger partial charge in [-0.15, -0.1) is 0 Å². The molecule has 0 saturated carbocycles. The largest absolute Gasteiger partial charge is 0.349 e. The molecule has 1 aromatic carbocycles. The molecule has 122 valence electrons.